The monoisotopic (exact) mass is 716 g/mol. The number of hydrogen-bond acceptors (Lipinski definition) is 9. The van der Waals surface area contributed by atoms with Gasteiger partial charge in [-0.05, 0) is 42.8 Å². The molecule has 0 aliphatic carbocycles. The van der Waals surface area contributed by atoms with Crippen LogP contribution in [0, 0.1) is 18.0 Å². The maximum absolute atomic E-state index is 13.6. The number of rotatable bonds is 13. The Kier molecular flexibility index (Phi) is 11.5. The summed E-state index contributed by atoms with van der Waals surface area (Å²) in [4.78, 5) is 29.7. The Morgan fingerprint density at radius 1 is 1.02 bits per heavy atom. The molecule has 1 unspecified atom stereocenters. The minimum atomic E-state index is -4.74. The van der Waals surface area contributed by atoms with Crippen LogP contribution in [-0.4, -0.2) is 59.4 Å². The largest absolute Gasteiger partial charge is 0.569 e. The van der Waals surface area contributed by atoms with E-state index in [1.54, 1.807) is 68.4 Å². The van der Waals surface area contributed by atoms with Crippen molar-refractivity contribution >= 4 is 21.9 Å². The third kappa shape index (κ3) is 9.37. The van der Waals surface area contributed by atoms with Gasteiger partial charge in [0.25, 0.3) is 22.2 Å². The number of aromatic nitrogens is 2. The molecule has 3 aromatic carbocycles. The minimum absolute atomic E-state index is 0.0841. The quantitative estimate of drug-likeness (QED) is 0.0614. The second kappa shape index (κ2) is 15.4. The number of carbonyl (C=O) groups is 2. The molecule has 1 aromatic heterocycles. The zero-order valence-electron chi connectivity index (χ0n) is 27.7. The highest BCUT2D eigenvalue weighted by Crippen LogP contribution is 2.33. The van der Waals surface area contributed by atoms with Crippen molar-refractivity contribution in [1.82, 2.24) is 19.5 Å². The van der Waals surface area contributed by atoms with E-state index in [4.69, 9.17) is 9.57 Å². The lowest BCUT2D eigenvalue weighted by Crippen LogP contribution is -2.50. The van der Waals surface area contributed by atoms with Crippen molar-refractivity contribution in [1.29, 1.82) is 0 Å². The van der Waals surface area contributed by atoms with Crippen molar-refractivity contribution in [3.8, 4) is 16.9 Å². The molecule has 0 fully saturated rings. The van der Waals surface area contributed by atoms with Crippen LogP contribution >= 0.6 is 0 Å². The van der Waals surface area contributed by atoms with Crippen molar-refractivity contribution < 1.29 is 45.7 Å². The summed E-state index contributed by atoms with van der Waals surface area (Å²) in [6, 6.07) is 19.4. The number of benzene rings is 3. The highest BCUT2D eigenvalue weighted by molar-refractivity contribution is 7.90. The molecule has 50 heavy (non-hydrogen) atoms. The second-order valence-electron chi connectivity index (χ2n) is 11.5. The van der Waals surface area contributed by atoms with E-state index in [1.165, 1.54) is 26.1 Å². The molecule has 0 saturated carbocycles. The molecular weight excluding hydrogens is 681 g/mol. The number of alkyl halides is 3. The van der Waals surface area contributed by atoms with Gasteiger partial charge in [-0.3, -0.25) is 14.4 Å². The Labute approximate surface area is 286 Å². The van der Waals surface area contributed by atoms with Crippen molar-refractivity contribution in [2.45, 2.75) is 57.5 Å². The van der Waals surface area contributed by atoms with Gasteiger partial charge >= 0.3 is 12.1 Å². The number of carbonyl (C=O) groups excluding carboxylic acids is 2. The fourth-order valence-electron chi connectivity index (χ4n) is 4.51. The molecular formula is C33H35F3N6O7S. The average Bonchev–Trinajstić information content (AvgIpc) is 3.53. The first-order chi connectivity index (χ1) is 23.5. The summed E-state index contributed by atoms with van der Waals surface area (Å²) in [6.07, 6.45) is -6.11. The molecule has 0 spiro atoms. The van der Waals surface area contributed by atoms with E-state index in [0.29, 0.717) is 11.1 Å². The van der Waals surface area contributed by atoms with Crippen LogP contribution in [-0.2, 0) is 41.8 Å². The first-order valence-corrected chi connectivity index (χ1v) is 16.7. The van der Waals surface area contributed by atoms with Gasteiger partial charge in [-0.15, -0.1) is 5.01 Å². The van der Waals surface area contributed by atoms with Crippen LogP contribution in [0.15, 0.2) is 95.1 Å². The number of halogens is 3. The molecule has 4 rings (SSSR count). The van der Waals surface area contributed by atoms with Crippen LogP contribution in [0.3, 0.4) is 0 Å². The smallest absolute Gasteiger partial charge is 0.435 e. The third-order valence-corrected chi connectivity index (χ3v) is 8.65. The zero-order chi connectivity index (χ0) is 36.8. The van der Waals surface area contributed by atoms with E-state index in [9.17, 15) is 36.4 Å². The number of nitrogens with one attached hydrogen (secondary N) is 1. The Balaban J connectivity index is 1.58. The molecule has 1 N–H and O–H groups in total. The molecule has 0 aliphatic heterocycles. The van der Waals surface area contributed by atoms with Gasteiger partial charge in [0.05, 0.1) is 34.2 Å². The molecule has 4 aromatic rings. The summed E-state index contributed by atoms with van der Waals surface area (Å²) >= 11 is 0. The molecule has 2 atom stereocenters. The summed E-state index contributed by atoms with van der Waals surface area (Å²) in [5, 5.41) is 20.7. The molecule has 0 saturated heterocycles. The van der Waals surface area contributed by atoms with Gasteiger partial charge in [0.2, 0.25) is 5.28 Å². The van der Waals surface area contributed by atoms with Crippen LogP contribution in [0.2, 0.25) is 0 Å². The molecule has 13 nitrogen and oxygen atoms in total. The van der Waals surface area contributed by atoms with Crippen LogP contribution < -0.4 is 4.72 Å². The van der Waals surface area contributed by atoms with Crippen molar-refractivity contribution in [3.63, 3.8) is 0 Å². The summed E-state index contributed by atoms with van der Waals surface area (Å²) < 4.78 is 75.6. The maximum atomic E-state index is 13.6. The molecule has 0 aliphatic rings. The summed E-state index contributed by atoms with van der Waals surface area (Å²) in [5.74, 6) is -2.16. The first-order valence-electron chi connectivity index (χ1n) is 15.2. The normalized spacial score (nSPS) is 13.4. The van der Waals surface area contributed by atoms with Crippen LogP contribution in [0.4, 0.5) is 13.2 Å². The highest BCUT2D eigenvalue weighted by atomic mass is 32.2. The topological polar surface area (TPSA) is 158 Å². The number of likely N-dealkylation sites (N-methyl/N-ethyl adjacent to an activating group) is 1. The van der Waals surface area contributed by atoms with Crippen molar-refractivity contribution in [3.05, 3.63) is 107 Å². The van der Waals surface area contributed by atoms with Crippen molar-refractivity contribution in [2.75, 3.05) is 7.05 Å². The molecule has 0 bridgehead atoms. The summed E-state index contributed by atoms with van der Waals surface area (Å²) in [5.41, 5.74) is 1.04. The van der Waals surface area contributed by atoms with E-state index in [0.717, 1.165) is 33.5 Å². The van der Waals surface area contributed by atoms with E-state index in [1.807, 2.05) is 11.6 Å². The lowest BCUT2D eigenvalue weighted by atomic mass is 10.1. The molecule has 17 heteroatoms. The SMILES string of the molecule is Cc1ccc(-c2cc(C(F)(F)F)nn2-c2ccc(S(=O)(=O)NC(=O)[C@H](Cc3ccccc3)N(C)/[N+]([O-])=N\OC(C)OC(=O)C(C)C)cc2)cc1. The lowest BCUT2D eigenvalue weighted by molar-refractivity contribution is -0.712. The van der Waals surface area contributed by atoms with E-state index < -0.39 is 52.0 Å². The van der Waals surface area contributed by atoms with Gasteiger partial charge in [-0.25, -0.2) is 17.8 Å². The van der Waals surface area contributed by atoms with Gasteiger partial charge in [0.15, 0.2) is 11.7 Å². The van der Waals surface area contributed by atoms with Gasteiger partial charge in [0.1, 0.15) is 0 Å². The van der Waals surface area contributed by atoms with Crippen molar-refractivity contribution in [2.24, 2.45) is 11.2 Å². The number of sulfonamides is 1. The van der Waals surface area contributed by atoms with Crippen LogP contribution in [0.5, 0.6) is 0 Å². The number of aryl methyl sites for hydroxylation is 1. The van der Waals surface area contributed by atoms with Crippen LogP contribution in [0.1, 0.15) is 37.6 Å². The lowest BCUT2D eigenvalue weighted by Gasteiger charge is -2.23. The van der Waals surface area contributed by atoms with Gasteiger partial charge in [-0.2, -0.15) is 18.3 Å². The Bertz CT molecular complexity index is 1930. The molecule has 1 heterocycles. The average molecular weight is 717 g/mol. The number of esters is 1. The minimum Gasteiger partial charge on any atom is -0.569 e. The maximum Gasteiger partial charge on any atom is 0.435 e. The number of amides is 1. The molecule has 0 radical (unpaired) electrons. The number of nitrogens with zero attached hydrogens (tertiary/aromatic N) is 5. The highest BCUT2D eigenvalue weighted by Gasteiger charge is 2.36. The van der Waals surface area contributed by atoms with E-state index in [-0.39, 0.29) is 27.7 Å². The Morgan fingerprint density at radius 3 is 2.22 bits per heavy atom. The third-order valence-electron chi connectivity index (χ3n) is 7.29. The molecule has 266 valence electrons. The van der Waals surface area contributed by atoms with E-state index in [2.05, 4.69) is 10.4 Å². The van der Waals surface area contributed by atoms with Gasteiger partial charge in [-0.1, -0.05) is 74.0 Å². The second-order valence-corrected chi connectivity index (χ2v) is 13.2. The summed E-state index contributed by atoms with van der Waals surface area (Å²) in [7, 11) is -3.38. The number of hydrogen-bond donors (Lipinski definition) is 1. The molecule has 1 amide bonds. The predicted molar refractivity (Wildman–Crippen MR) is 173 cm³/mol. The number of hydrazine groups is 1. The summed E-state index contributed by atoms with van der Waals surface area (Å²) in [6.45, 7) is 6.36. The first kappa shape index (κ1) is 37.4. The Hall–Kier alpha value is -5.45. The van der Waals surface area contributed by atoms with E-state index >= 15 is 0 Å². The fourth-order valence-corrected chi connectivity index (χ4v) is 5.52. The fraction of sp³-hybridized carbons (Fsp3) is 0.303. The zero-order valence-corrected chi connectivity index (χ0v) is 28.5. The standard InChI is InChI=1S/C33H35F3N6O7S/c1-21(2)32(44)48-23(4)49-39-42(45)40(5)29(19-24-9-7-6-8-10-24)31(43)38-50(46,47)27-17-15-26(16-18-27)41-28(20-30(37-41)33(34,35)36)25-13-11-22(3)12-14-25/h6-18,20-21,23,29H,19H2,1-5H3,(H,38,43)/b42-39+/t23?,29-/m0/s1. The van der Waals surface area contributed by atoms with Gasteiger partial charge < -0.3 is 9.94 Å². The number of ether oxygens (including phenoxy) is 1. The van der Waals surface area contributed by atoms with Crippen LogP contribution in [0.25, 0.3) is 16.9 Å². The van der Waals surface area contributed by atoms with Gasteiger partial charge in [0, 0.05) is 18.9 Å². The Morgan fingerprint density at radius 2 is 1.64 bits per heavy atom. The predicted octanol–water partition coefficient (Wildman–Crippen LogP) is 5.57.